The highest BCUT2D eigenvalue weighted by Gasteiger charge is 2.12. The first-order chi connectivity index (χ1) is 9.56. The molecule has 0 saturated heterocycles. The molecule has 0 aromatic heterocycles. The first-order valence-corrected chi connectivity index (χ1v) is 7.14. The van der Waals surface area contributed by atoms with Crippen LogP contribution in [0.25, 0.3) is 6.08 Å². The zero-order valence-corrected chi connectivity index (χ0v) is 12.6. The van der Waals surface area contributed by atoms with Crippen molar-refractivity contribution in [1.82, 2.24) is 0 Å². The number of carboxylic acid groups (broad SMARTS) is 1. The minimum atomic E-state index is -0.829. The van der Waals surface area contributed by atoms with E-state index >= 15 is 0 Å². The third-order valence-electron chi connectivity index (χ3n) is 3.35. The third-order valence-corrected chi connectivity index (χ3v) is 3.35. The Balaban J connectivity index is 2.78. The predicted octanol–water partition coefficient (Wildman–Crippen LogP) is 4.38. The lowest BCUT2D eigenvalue weighted by atomic mass is 9.95. The Hall–Kier alpha value is -1.77. The molecule has 0 amide bonds. The van der Waals surface area contributed by atoms with Gasteiger partial charge in [-0.3, -0.25) is 0 Å². The molecule has 3 heteroatoms. The number of ether oxygens (including phenoxy) is 1. The van der Waals surface area contributed by atoms with Crippen LogP contribution in [0.2, 0.25) is 0 Å². The van der Waals surface area contributed by atoms with Crippen LogP contribution in [0.1, 0.15) is 45.1 Å². The van der Waals surface area contributed by atoms with Gasteiger partial charge in [0, 0.05) is 5.57 Å². The fraction of sp³-hybridized carbons (Fsp3) is 0.471. The van der Waals surface area contributed by atoms with E-state index < -0.39 is 5.97 Å². The molecule has 1 unspecified atom stereocenters. The number of carbonyl (C=O) groups is 1. The monoisotopic (exact) mass is 276 g/mol. The van der Waals surface area contributed by atoms with Gasteiger partial charge >= 0.3 is 5.97 Å². The number of carboxylic acids is 1. The zero-order chi connectivity index (χ0) is 15.0. The average Bonchev–Trinajstić information content (AvgIpc) is 2.45. The quantitative estimate of drug-likeness (QED) is 0.717. The van der Waals surface area contributed by atoms with Gasteiger partial charge in [0.1, 0.15) is 5.75 Å². The van der Waals surface area contributed by atoms with Gasteiger partial charge in [-0.05, 0) is 36.1 Å². The maximum absolute atomic E-state index is 11.3. The van der Waals surface area contributed by atoms with Gasteiger partial charge in [-0.1, -0.05) is 45.2 Å². The van der Waals surface area contributed by atoms with E-state index in [4.69, 9.17) is 4.74 Å². The van der Waals surface area contributed by atoms with Crippen LogP contribution in [0.3, 0.4) is 0 Å². The van der Waals surface area contributed by atoms with Crippen molar-refractivity contribution in [2.75, 3.05) is 7.11 Å². The maximum Gasteiger partial charge on any atom is 0.331 e. The second-order valence-electron chi connectivity index (χ2n) is 5.20. The third kappa shape index (κ3) is 5.47. The lowest BCUT2D eigenvalue weighted by Gasteiger charge is -2.11. The zero-order valence-electron chi connectivity index (χ0n) is 12.6. The van der Waals surface area contributed by atoms with Crippen LogP contribution < -0.4 is 4.74 Å². The van der Waals surface area contributed by atoms with Crippen molar-refractivity contribution in [3.63, 3.8) is 0 Å². The molecule has 0 saturated carbocycles. The van der Waals surface area contributed by atoms with E-state index in [0.717, 1.165) is 30.6 Å². The Kier molecular flexibility index (Phi) is 6.85. The van der Waals surface area contributed by atoms with E-state index in [0.29, 0.717) is 17.9 Å². The highest BCUT2D eigenvalue weighted by atomic mass is 16.5. The van der Waals surface area contributed by atoms with Crippen LogP contribution in [0.4, 0.5) is 0 Å². The molecule has 3 nitrogen and oxygen atoms in total. The molecule has 0 aliphatic rings. The van der Waals surface area contributed by atoms with E-state index in [1.54, 1.807) is 13.2 Å². The largest absolute Gasteiger partial charge is 0.497 e. The van der Waals surface area contributed by atoms with Crippen molar-refractivity contribution in [1.29, 1.82) is 0 Å². The number of unbranched alkanes of at least 4 members (excludes halogenated alkanes) is 1. The number of hydrogen-bond donors (Lipinski definition) is 1. The molecule has 1 N–H and O–H groups in total. The van der Waals surface area contributed by atoms with E-state index in [1.807, 2.05) is 24.3 Å². The highest BCUT2D eigenvalue weighted by Crippen LogP contribution is 2.21. The average molecular weight is 276 g/mol. The number of methoxy groups -OCH3 is 1. The summed E-state index contributed by atoms with van der Waals surface area (Å²) in [6.07, 6.45) is 5.74. The Labute approximate surface area is 121 Å². The molecule has 0 bridgehead atoms. The van der Waals surface area contributed by atoms with E-state index in [2.05, 4.69) is 13.8 Å². The van der Waals surface area contributed by atoms with Crippen molar-refractivity contribution in [3.8, 4) is 5.75 Å². The number of rotatable bonds is 8. The smallest absolute Gasteiger partial charge is 0.331 e. The van der Waals surface area contributed by atoms with Crippen LogP contribution in [0.15, 0.2) is 29.8 Å². The number of benzene rings is 1. The van der Waals surface area contributed by atoms with Crippen LogP contribution in [0, 0.1) is 5.92 Å². The Morgan fingerprint density at radius 2 is 2.00 bits per heavy atom. The standard InChI is InChI=1S/C17H24O3/c1-4-5-6-13(2)11-15(17(18)19)12-14-7-9-16(20-3)10-8-14/h7-10,12-13H,4-6,11H2,1-3H3,(H,18,19). The summed E-state index contributed by atoms with van der Waals surface area (Å²) >= 11 is 0. The number of hydrogen-bond acceptors (Lipinski definition) is 2. The molecule has 0 spiro atoms. The fourth-order valence-corrected chi connectivity index (χ4v) is 2.14. The van der Waals surface area contributed by atoms with Gasteiger partial charge < -0.3 is 9.84 Å². The fourth-order valence-electron chi connectivity index (χ4n) is 2.14. The molecule has 1 atom stereocenters. The molecule has 1 rings (SSSR count). The van der Waals surface area contributed by atoms with Gasteiger partial charge in [-0.2, -0.15) is 0 Å². The van der Waals surface area contributed by atoms with Crippen molar-refractivity contribution in [3.05, 3.63) is 35.4 Å². The molecule has 1 aromatic carbocycles. The molecular weight excluding hydrogens is 252 g/mol. The maximum atomic E-state index is 11.3. The minimum absolute atomic E-state index is 0.399. The Morgan fingerprint density at radius 3 is 2.50 bits per heavy atom. The van der Waals surface area contributed by atoms with Crippen molar-refractivity contribution in [2.45, 2.75) is 39.5 Å². The van der Waals surface area contributed by atoms with Crippen molar-refractivity contribution >= 4 is 12.0 Å². The molecular formula is C17H24O3. The molecule has 0 aliphatic carbocycles. The highest BCUT2D eigenvalue weighted by molar-refractivity contribution is 5.92. The molecule has 0 radical (unpaired) electrons. The van der Waals surface area contributed by atoms with Crippen LogP contribution >= 0.6 is 0 Å². The van der Waals surface area contributed by atoms with Gasteiger partial charge in [-0.15, -0.1) is 0 Å². The first-order valence-electron chi connectivity index (χ1n) is 7.14. The van der Waals surface area contributed by atoms with Crippen molar-refractivity contribution < 1.29 is 14.6 Å². The summed E-state index contributed by atoms with van der Waals surface area (Å²) in [6, 6.07) is 7.43. The Morgan fingerprint density at radius 1 is 1.35 bits per heavy atom. The molecule has 0 fully saturated rings. The molecule has 20 heavy (non-hydrogen) atoms. The summed E-state index contributed by atoms with van der Waals surface area (Å²) in [5, 5.41) is 9.32. The van der Waals surface area contributed by atoms with Crippen molar-refractivity contribution in [2.24, 2.45) is 5.92 Å². The molecule has 1 aromatic rings. The lowest BCUT2D eigenvalue weighted by molar-refractivity contribution is -0.132. The van der Waals surface area contributed by atoms with Gasteiger partial charge in [0.2, 0.25) is 0 Å². The second kappa shape index (κ2) is 8.41. The van der Waals surface area contributed by atoms with Gasteiger partial charge in [0.15, 0.2) is 0 Å². The topological polar surface area (TPSA) is 46.5 Å². The summed E-state index contributed by atoms with van der Waals surface area (Å²) < 4.78 is 5.09. The summed E-state index contributed by atoms with van der Waals surface area (Å²) in [5.74, 6) is 0.343. The van der Waals surface area contributed by atoms with Gasteiger partial charge in [0.05, 0.1) is 7.11 Å². The van der Waals surface area contributed by atoms with E-state index in [-0.39, 0.29) is 0 Å². The van der Waals surface area contributed by atoms with Crippen LogP contribution in [0.5, 0.6) is 5.75 Å². The molecule has 0 aliphatic heterocycles. The Bertz CT molecular complexity index is 446. The summed E-state index contributed by atoms with van der Waals surface area (Å²) in [7, 11) is 1.61. The van der Waals surface area contributed by atoms with Gasteiger partial charge in [-0.25, -0.2) is 4.79 Å². The van der Waals surface area contributed by atoms with Crippen LogP contribution in [-0.4, -0.2) is 18.2 Å². The normalized spacial score (nSPS) is 13.1. The molecule has 0 heterocycles. The first kappa shape index (κ1) is 16.3. The van der Waals surface area contributed by atoms with Crippen LogP contribution in [-0.2, 0) is 4.79 Å². The lowest BCUT2D eigenvalue weighted by Crippen LogP contribution is -2.06. The van der Waals surface area contributed by atoms with E-state index in [1.165, 1.54) is 0 Å². The van der Waals surface area contributed by atoms with E-state index in [9.17, 15) is 9.90 Å². The minimum Gasteiger partial charge on any atom is -0.497 e. The summed E-state index contributed by atoms with van der Waals surface area (Å²) in [5.41, 5.74) is 1.37. The number of aliphatic carboxylic acids is 1. The summed E-state index contributed by atoms with van der Waals surface area (Å²) in [4.78, 5) is 11.3. The predicted molar refractivity (Wildman–Crippen MR) is 81.9 cm³/mol. The molecule has 110 valence electrons. The SMILES string of the molecule is CCCCC(C)CC(=Cc1ccc(OC)cc1)C(=O)O. The van der Waals surface area contributed by atoms with Gasteiger partial charge in [0.25, 0.3) is 0 Å². The summed E-state index contributed by atoms with van der Waals surface area (Å²) in [6.45, 7) is 4.26. The second-order valence-corrected chi connectivity index (χ2v) is 5.20.